The van der Waals surface area contributed by atoms with E-state index in [1.807, 2.05) is 49.4 Å². The molecule has 1 N–H and O–H groups in total. The van der Waals surface area contributed by atoms with E-state index < -0.39 is 5.54 Å². The minimum Gasteiger partial charge on any atom is -0.395 e. The van der Waals surface area contributed by atoms with E-state index in [1.54, 1.807) is 17.3 Å². The molecule has 1 aromatic carbocycles. The molecule has 0 unspecified atom stereocenters. The van der Waals surface area contributed by atoms with Gasteiger partial charge in [0.05, 0.1) is 13.2 Å². The van der Waals surface area contributed by atoms with Crippen molar-refractivity contribution >= 4 is 11.9 Å². The van der Waals surface area contributed by atoms with Gasteiger partial charge in [0.1, 0.15) is 5.54 Å². The number of carbonyl (C=O) groups excluding carboxylic acids is 2. The van der Waals surface area contributed by atoms with Gasteiger partial charge in [-0.15, -0.1) is 0 Å². The molecule has 7 nitrogen and oxygen atoms in total. The summed E-state index contributed by atoms with van der Waals surface area (Å²) in [6.45, 7) is 4.19. The molecule has 2 aliphatic heterocycles. The third kappa shape index (κ3) is 4.20. The minimum atomic E-state index is -0.806. The smallest absolute Gasteiger partial charge is 0.328 e. The lowest BCUT2D eigenvalue weighted by Gasteiger charge is -2.43. The Morgan fingerprint density at radius 2 is 1.77 bits per heavy atom. The lowest BCUT2D eigenvalue weighted by molar-refractivity contribution is -0.136. The summed E-state index contributed by atoms with van der Waals surface area (Å²) in [7, 11) is 0. The number of piperidine rings is 1. The molecule has 0 radical (unpaired) electrons. The monoisotopic (exact) mass is 422 g/mol. The maximum Gasteiger partial charge on any atom is 0.328 e. The van der Waals surface area contributed by atoms with Gasteiger partial charge in [-0.05, 0) is 43.4 Å². The largest absolute Gasteiger partial charge is 0.395 e. The first kappa shape index (κ1) is 21.5. The summed E-state index contributed by atoms with van der Waals surface area (Å²) < 4.78 is 0. The van der Waals surface area contributed by atoms with Crippen molar-refractivity contribution in [3.63, 3.8) is 0 Å². The van der Waals surface area contributed by atoms with Crippen molar-refractivity contribution in [2.75, 3.05) is 26.2 Å². The van der Waals surface area contributed by atoms with Crippen molar-refractivity contribution in [1.29, 1.82) is 0 Å². The van der Waals surface area contributed by atoms with Gasteiger partial charge >= 0.3 is 6.03 Å². The predicted octanol–water partition coefficient (Wildman–Crippen LogP) is 2.30. The number of rotatable bonds is 7. The number of carbonyl (C=O) groups is 2. The Balaban J connectivity index is 1.57. The standard InChI is InChI=1S/C24H30N4O3/c1-19(18-29)26-14-10-24(11-15-26)22(30)27(17-21-8-5-12-25-16-21)23(31)28(24)13-9-20-6-3-2-4-7-20/h2-8,12,16,19,29H,9-11,13-15,17-18H2,1H3/t19-/m1/s1. The molecule has 3 amide bonds. The number of hydrogen-bond donors (Lipinski definition) is 1. The van der Waals surface area contributed by atoms with Crippen LogP contribution < -0.4 is 0 Å². The molecule has 0 bridgehead atoms. The van der Waals surface area contributed by atoms with E-state index in [2.05, 4.69) is 9.88 Å². The highest BCUT2D eigenvalue weighted by Gasteiger charge is 2.57. The molecule has 1 atom stereocenters. The average molecular weight is 423 g/mol. The van der Waals surface area contributed by atoms with Crippen molar-refractivity contribution in [3.8, 4) is 0 Å². The second-order valence-corrected chi connectivity index (χ2v) is 8.52. The number of urea groups is 1. The molecular weight excluding hydrogens is 392 g/mol. The topological polar surface area (TPSA) is 77.0 Å². The molecule has 31 heavy (non-hydrogen) atoms. The van der Waals surface area contributed by atoms with E-state index in [0.717, 1.165) is 11.1 Å². The highest BCUT2D eigenvalue weighted by atomic mass is 16.3. The number of aromatic nitrogens is 1. The van der Waals surface area contributed by atoms with E-state index in [4.69, 9.17) is 0 Å². The van der Waals surface area contributed by atoms with Crippen LogP contribution in [0.15, 0.2) is 54.9 Å². The molecule has 164 valence electrons. The van der Waals surface area contributed by atoms with Gasteiger partial charge in [0, 0.05) is 38.1 Å². The number of nitrogens with zero attached hydrogens (tertiary/aromatic N) is 4. The Labute approximate surface area is 183 Å². The Bertz CT molecular complexity index is 898. The predicted molar refractivity (Wildman–Crippen MR) is 117 cm³/mol. The van der Waals surface area contributed by atoms with Crippen LogP contribution in [0.3, 0.4) is 0 Å². The SMILES string of the molecule is C[C@H](CO)N1CCC2(CC1)C(=O)N(Cc1cccnc1)C(=O)N2CCc1ccccc1. The van der Waals surface area contributed by atoms with Crippen LogP contribution in [0, 0.1) is 0 Å². The van der Waals surface area contributed by atoms with Crippen molar-refractivity contribution < 1.29 is 14.7 Å². The molecule has 0 saturated carbocycles. The number of pyridine rings is 1. The maximum absolute atomic E-state index is 13.6. The van der Waals surface area contributed by atoms with Crippen LogP contribution in [0.2, 0.25) is 0 Å². The van der Waals surface area contributed by atoms with E-state index in [-0.39, 0.29) is 31.1 Å². The van der Waals surface area contributed by atoms with Gasteiger partial charge in [0.25, 0.3) is 5.91 Å². The van der Waals surface area contributed by atoms with Crippen molar-refractivity contribution in [2.24, 2.45) is 0 Å². The molecule has 4 rings (SSSR count). The van der Waals surface area contributed by atoms with Gasteiger partial charge in [-0.2, -0.15) is 0 Å². The summed E-state index contributed by atoms with van der Waals surface area (Å²) in [4.78, 5) is 36.6. The Morgan fingerprint density at radius 3 is 2.42 bits per heavy atom. The average Bonchev–Trinajstić information content (AvgIpc) is 3.00. The number of likely N-dealkylation sites (tertiary alicyclic amines) is 1. The molecule has 2 fully saturated rings. The second kappa shape index (κ2) is 9.16. The molecule has 2 aliphatic rings. The van der Waals surface area contributed by atoms with E-state index >= 15 is 0 Å². The zero-order chi connectivity index (χ0) is 21.8. The minimum absolute atomic E-state index is 0.0498. The van der Waals surface area contributed by atoms with E-state index in [9.17, 15) is 14.7 Å². The van der Waals surface area contributed by atoms with Crippen molar-refractivity contribution in [1.82, 2.24) is 19.7 Å². The number of aliphatic hydroxyl groups is 1. The van der Waals surface area contributed by atoms with Crippen molar-refractivity contribution in [3.05, 3.63) is 66.0 Å². The lowest BCUT2D eigenvalue weighted by atomic mass is 9.85. The Hall–Kier alpha value is -2.77. The molecule has 3 heterocycles. The summed E-state index contributed by atoms with van der Waals surface area (Å²) in [5, 5.41) is 9.52. The Kier molecular flexibility index (Phi) is 6.34. The summed E-state index contributed by atoms with van der Waals surface area (Å²) in [5.41, 5.74) is 1.19. The summed E-state index contributed by atoms with van der Waals surface area (Å²) in [5.74, 6) is -0.106. The van der Waals surface area contributed by atoms with Crippen molar-refractivity contribution in [2.45, 2.75) is 44.3 Å². The fourth-order valence-electron chi connectivity index (χ4n) is 4.73. The van der Waals surface area contributed by atoms with Gasteiger partial charge in [-0.1, -0.05) is 36.4 Å². The zero-order valence-corrected chi connectivity index (χ0v) is 18.0. The molecular formula is C24H30N4O3. The quantitative estimate of drug-likeness (QED) is 0.693. The van der Waals surface area contributed by atoms with Gasteiger partial charge in [-0.25, -0.2) is 4.79 Å². The number of hydrogen-bond acceptors (Lipinski definition) is 5. The molecule has 2 saturated heterocycles. The molecule has 0 aliphatic carbocycles. The Morgan fingerprint density at radius 1 is 1.06 bits per heavy atom. The number of benzene rings is 1. The van der Waals surface area contributed by atoms with Gasteiger partial charge in [0.2, 0.25) is 0 Å². The van der Waals surface area contributed by atoms with E-state index in [0.29, 0.717) is 38.9 Å². The van der Waals surface area contributed by atoms with Crippen LogP contribution in [0.4, 0.5) is 4.79 Å². The molecule has 1 aromatic heterocycles. The molecule has 1 spiro atoms. The molecule has 7 heteroatoms. The van der Waals surface area contributed by atoms with Gasteiger partial charge in [0.15, 0.2) is 0 Å². The van der Waals surface area contributed by atoms with E-state index in [1.165, 1.54) is 4.90 Å². The first-order valence-electron chi connectivity index (χ1n) is 11.0. The normalized spacial score (nSPS) is 19.9. The first-order valence-corrected chi connectivity index (χ1v) is 11.0. The fourth-order valence-corrected chi connectivity index (χ4v) is 4.73. The van der Waals surface area contributed by atoms with Crippen LogP contribution in [-0.2, 0) is 17.8 Å². The third-order valence-corrected chi connectivity index (χ3v) is 6.66. The second-order valence-electron chi connectivity index (χ2n) is 8.52. The highest BCUT2D eigenvalue weighted by Crippen LogP contribution is 2.38. The number of imide groups is 1. The maximum atomic E-state index is 13.6. The summed E-state index contributed by atoms with van der Waals surface area (Å²) >= 11 is 0. The summed E-state index contributed by atoms with van der Waals surface area (Å²) in [6, 6.07) is 13.6. The number of amides is 3. The molecule has 2 aromatic rings. The third-order valence-electron chi connectivity index (χ3n) is 6.66. The highest BCUT2D eigenvalue weighted by molar-refractivity contribution is 6.07. The van der Waals surface area contributed by atoms with Gasteiger partial charge in [-0.3, -0.25) is 19.6 Å². The van der Waals surface area contributed by atoms with Crippen LogP contribution in [0.5, 0.6) is 0 Å². The number of aliphatic hydroxyl groups excluding tert-OH is 1. The van der Waals surface area contributed by atoms with Crippen LogP contribution in [0.1, 0.15) is 30.9 Å². The summed E-state index contributed by atoms with van der Waals surface area (Å²) in [6.07, 6.45) is 5.26. The first-order chi connectivity index (χ1) is 15.0. The van der Waals surface area contributed by atoms with Crippen LogP contribution >= 0.6 is 0 Å². The van der Waals surface area contributed by atoms with Crippen LogP contribution in [0.25, 0.3) is 0 Å². The van der Waals surface area contributed by atoms with Crippen LogP contribution in [-0.4, -0.2) is 74.6 Å². The fraction of sp³-hybridized carbons (Fsp3) is 0.458. The lowest BCUT2D eigenvalue weighted by Crippen LogP contribution is -2.58. The zero-order valence-electron chi connectivity index (χ0n) is 18.0. The van der Waals surface area contributed by atoms with Gasteiger partial charge < -0.3 is 10.0 Å².